The van der Waals surface area contributed by atoms with Crippen molar-refractivity contribution in [3.63, 3.8) is 0 Å². The van der Waals surface area contributed by atoms with Crippen LogP contribution >= 0.6 is 0 Å². The molecule has 1 saturated heterocycles. The number of aromatic nitrogens is 4. The van der Waals surface area contributed by atoms with E-state index in [1.165, 1.54) is 5.56 Å². The number of hydrogen-bond donors (Lipinski definition) is 1. The van der Waals surface area contributed by atoms with E-state index >= 15 is 0 Å². The van der Waals surface area contributed by atoms with Gasteiger partial charge in [-0.05, 0) is 34.5 Å². The van der Waals surface area contributed by atoms with E-state index in [-0.39, 0.29) is 0 Å². The lowest BCUT2D eigenvalue weighted by atomic mass is 10.2. The second kappa shape index (κ2) is 6.80. The van der Waals surface area contributed by atoms with Crippen molar-refractivity contribution in [1.82, 2.24) is 25.1 Å². The second-order valence-corrected chi connectivity index (χ2v) is 6.10. The van der Waals surface area contributed by atoms with Gasteiger partial charge in [0.2, 0.25) is 5.95 Å². The fraction of sp³-hybridized carbons (Fsp3) is 0.278. The molecule has 0 spiro atoms. The van der Waals surface area contributed by atoms with Crippen LogP contribution in [0.4, 0.5) is 5.95 Å². The van der Waals surface area contributed by atoms with Gasteiger partial charge in [-0.3, -0.25) is 4.90 Å². The van der Waals surface area contributed by atoms with Crippen LogP contribution in [-0.4, -0.2) is 44.2 Å². The largest absolute Gasteiger partial charge is 0.349 e. The van der Waals surface area contributed by atoms with Gasteiger partial charge < -0.3 is 5.32 Å². The average Bonchev–Trinajstić information content (AvgIpc) is 3.27. The molecule has 0 aliphatic carbocycles. The van der Waals surface area contributed by atoms with Gasteiger partial charge in [-0.1, -0.05) is 53.6 Å². The van der Waals surface area contributed by atoms with Gasteiger partial charge in [-0.25, -0.2) is 0 Å². The highest BCUT2D eigenvalue weighted by atomic mass is 15.6. The number of hydrogen-bond acceptors (Lipinski definition) is 5. The van der Waals surface area contributed by atoms with Crippen molar-refractivity contribution in [3.8, 4) is 5.69 Å². The molecule has 1 N–H and O–H groups in total. The van der Waals surface area contributed by atoms with Gasteiger partial charge in [0, 0.05) is 25.7 Å². The lowest BCUT2D eigenvalue weighted by Gasteiger charge is -2.17. The minimum absolute atomic E-state index is 0.363. The Balaban J connectivity index is 1.40. The van der Waals surface area contributed by atoms with E-state index < -0.39 is 0 Å². The van der Waals surface area contributed by atoms with Gasteiger partial charge in [0.15, 0.2) is 0 Å². The Morgan fingerprint density at radius 3 is 2.54 bits per heavy atom. The van der Waals surface area contributed by atoms with Gasteiger partial charge in [-0.2, -0.15) is 4.68 Å². The lowest BCUT2D eigenvalue weighted by molar-refractivity contribution is 0.328. The number of nitrogens with one attached hydrogen (secondary N) is 1. The molecular weight excluding hydrogens is 300 g/mol. The summed E-state index contributed by atoms with van der Waals surface area (Å²) in [5.41, 5.74) is 2.32. The Bertz CT molecular complexity index is 770. The number of rotatable bonds is 5. The van der Waals surface area contributed by atoms with E-state index in [2.05, 4.69) is 56.1 Å². The first kappa shape index (κ1) is 14.8. The van der Waals surface area contributed by atoms with Gasteiger partial charge in [0.1, 0.15) is 0 Å². The normalized spacial score (nSPS) is 17.9. The fourth-order valence-electron chi connectivity index (χ4n) is 3.14. The molecule has 1 aliphatic heterocycles. The minimum Gasteiger partial charge on any atom is -0.349 e. The third-order valence-corrected chi connectivity index (χ3v) is 4.32. The number of benzene rings is 2. The molecular formula is C18H20N6. The molecule has 0 saturated carbocycles. The first-order chi connectivity index (χ1) is 11.9. The van der Waals surface area contributed by atoms with Crippen molar-refractivity contribution in [2.75, 3.05) is 18.4 Å². The number of para-hydroxylation sites is 1. The highest BCUT2D eigenvalue weighted by Crippen LogP contribution is 2.18. The molecule has 0 radical (unpaired) electrons. The Morgan fingerprint density at radius 2 is 1.75 bits per heavy atom. The van der Waals surface area contributed by atoms with E-state index in [0.717, 1.165) is 31.7 Å². The Hall–Kier alpha value is -2.73. The molecule has 6 heteroatoms. The molecule has 1 aliphatic rings. The fourth-order valence-corrected chi connectivity index (χ4v) is 3.14. The zero-order chi connectivity index (χ0) is 16.2. The maximum absolute atomic E-state index is 4.14. The van der Waals surface area contributed by atoms with Crippen molar-refractivity contribution in [2.24, 2.45) is 0 Å². The van der Waals surface area contributed by atoms with Crippen LogP contribution in [-0.2, 0) is 6.54 Å². The average molecular weight is 320 g/mol. The standard InChI is InChI=1S/C18H20N6/c1-3-7-15(8-4-1)13-23-12-11-16(14-23)19-18-20-21-22-24(18)17-9-5-2-6-10-17/h1-10,16H,11-14H2,(H,19,20,22)/t16-/m0/s1. The summed E-state index contributed by atoms with van der Waals surface area (Å²) in [5, 5.41) is 15.5. The maximum Gasteiger partial charge on any atom is 0.248 e. The van der Waals surface area contributed by atoms with Crippen LogP contribution in [0.3, 0.4) is 0 Å². The third-order valence-electron chi connectivity index (χ3n) is 4.32. The van der Waals surface area contributed by atoms with Gasteiger partial charge >= 0.3 is 0 Å². The predicted molar refractivity (Wildman–Crippen MR) is 92.9 cm³/mol. The first-order valence-corrected chi connectivity index (χ1v) is 8.25. The summed E-state index contributed by atoms with van der Waals surface area (Å²) in [4.78, 5) is 2.46. The summed E-state index contributed by atoms with van der Waals surface area (Å²) < 4.78 is 1.75. The molecule has 122 valence electrons. The first-order valence-electron chi connectivity index (χ1n) is 8.25. The van der Waals surface area contributed by atoms with Crippen molar-refractivity contribution < 1.29 is 0 Å². The smallest absolute Gasteiger partial charge is 0.248 e. The number of anilines is 1. The SMILES string of the molecule is c1ccc(CN2CC[C@H](Nc3nnnn3-c3ccccc3)C2)cc1. The molecule has 2 heterocycles. The molecule has 1 fully saturated rings. The summed E-state index contributed by atoms with van der Waals surface area (Å²) in [6.45, 7) is 3.07. The number of nitrogens with zero attached hydrogens (tertiary/aromatic N) is 5. The lowest BCUT2D eigenvalue weighted by Crippen LogP contribution is -2.27. The monoisotopic (exact) mass is 320 g/mol. The summed E-state index contributed by atoms with van der Waals surface area (Å²) in [5.74, 6) is 0.702. The van der Waals surface area contributed by atoms with Crippen molar-refractivity contribution in [3.05, 3.63) is 66.2 Å². The van der Waals surface area contributed by atoms with Crippen LogP contribution in [0.25, 0.3) is 5.69 Å². The molecule has 1 aromatic heterocycles. The van der Waals surface area contributed by atoms with Crippen molar-refractivity contribution in [2.45, 2.75) is 19.0 Å². The molecule has 0 bridgehead atoms. The predicted octanol–water partition coefficient (Wildman–Crippen LogP) is 2.35. The Morgan fingerprint density at radius 1 is 1.00 bits per heavy atom. The highest BCUT2D eigenvalue weighted by Gasteiger charge is 2.24. The van der Waals surface area contributed by atoms with E-state index in [9.17, 15) is 0 Å². The van der Waals surface area contributed by atoms with Gasteiger partial charge in [-0.15, -0.1) is 0 Å². The van der Waals surface area contributed by atoms with E-state index in [0.29, 0.717) is 12.0 Å². The Kier molecular flexibility index (Phi) is 4.20. The zero-order valence-electron chi connectivity index (χ0n) is 13.4. The number of likely N-dealkylation sites (tertiary alicyclic amines) is 1. The van der Waals surface area contributed by atoms with E-state index in [4.69, 9.17) is 0 Å². The summed E-state index contributed by atoms with van der Waals surface area (Å²) in [7, 11) is 0. The summed E-state index contributed by atoms with van der Waals surface area (Å²) in [6, 6.07) is 20.9. The van der Waals surface area contributed by atoms with Crippen LogP contribution in [0, 0.1) is 0 Å². The second-order valence-electron chi connectivity index (χ2n) is 6.10. The van der Waals surface area contributed by atoms with Crippen LogP contribution in [0.5, 0.6) is 0 Å². The molecule has 2 aromatic carbocycles. The topological polar surface area (TPSA) is 58.9 Å². The highest BCUT2D eigenvalue weighted by molar-refractivity contribution is 5.39. The Labute approximate surface area is 141 Å². The zero-order valence-corrected chi connectivity index (χ0v) is 13.4. The summed E-state index contributed by atoms with van der Waals surface area (Å²) >= 11 is 0. The molecule has 4 rings (SSSR count). The molecule has 6 nitrogen and oxygen atoms in total. The van der Waals surface area contributed by atoms with Crippen LogP contribution < -0.4 is 5.32 Å². The van der Waals surface area contributed by atoms with Crippen molar-refractivity contribution in [1.29, 1.82) is 0 Å². The van der Waals surface area contributed by atoms with Gasteiger partial charge in [0.25, 0.3) is 0 Å². The van der Waals surface area contributed by atoms with Crippen LogP contribution in [0.1, 0.15) is 12.0 Å². The van der Waals surface area contributed by atoms with Gasteiger partial charge in [0.05, 0.1) is 5.69 Å². The quantitative estimate of drug-likeness (QED) is 0.782. The van der Waals surface area contributed by atoms with Crippen molar-refractivity contribution >= 4 is 5.95 Å². The number of tetrazole rings is 1. The van der Waals surface area contributed by atoms with Crippen LogP contribution in [0.15, 0.2) is 60.7 Å². The van der Waals surface area contributed by atoms with Crippen LogP contribution in [0.2, 0.25) is 0 Å². The molecule has 0 unspecified atom stereocenters. The molecule has 24 heavy (non-hydrogen) atoms. The van der Waals surface area contributed by atoms with E-state index in [1.807, 2.05) is 30.3 Å². The molecule has 0 amide bonds. The van der Waals surface area contributed by atoms with E-state index in [1.54, 1.807) is 4.68 Å². The minimum atomic E-state index is 0.363. The molecule has 1 atom stereocenters. The summed E-state index contributed by atoms with van der Waals surface area (Å²) in [6.07, 6.45) is 1.09. The third kappa shape index (κ3) is 3.28. The maximum atomic E-state index is 4.14. The molecule has 3 aromatic rings.